The standard InChI is InChI=1S/C14H10ClF3O3S/c1-9-2-5-11(6-3-9)22(19,20)21-10-4-7-13(15)12(8-10)14(16,17)18/h2-8H,1H3. The molecule has 0 aliphatic carbocycles. The van der Waals surface area contributed by atoms with Crippen molar-refractivity contribution < 1.29 is 25.8 Å². The van der Waals surface area contributed by atoms with E-state index in [1.54, 1.807) is 19.1 Å². The lowest BCUT2D eigenvalue weighted by Gasteiger charge is -2.12. The lowest BCUT2D eigenvalue weighted by atomic mass is 10.2. The Balaban J connectivity index is 2.36. The van der Waals surface area contributed by atoms with E-state index in [2.05, 4.69) is 0 Å². The van der Waals surface area contributed by atoms with Crippen LogP contribution in [-0.4, -0.2) is 8.42 Å². The van der Waals surface area contributed by atoms with Gasteiger partial charge in [-0.15, -0.1) is 0 Å². The average molecular weight is 351 g/mol. The summed E-state index contributed by atoms with van der Waals surface area (Å²) in [7, 11) is -4.22. The van der Waals surface area contributed by atoms with E-state index in [1.165, 1.54) is 12.1 Å². The summed E-state index contributed by atoms with van der Waals surface area (Å²) >= 11 is 5.46. The van der Waals surface area contributed by atoms with Crippen LogP contribution in [0.25, 0.3) is 0 Å². The van der Waals surface area contributed by atoms with Gasteiger partial charge in [0, 0.05) is 0 Å². The van der Waals surface area contributed by atoms with Crippen molar-refractivity contribution in [2.24, 2.45) is 0 Å². The predicted molar refractivity (Wildman–Crippen MR) is 75.4 cm³/mol. The van der Waals surface area contributed by atoms with Crippen LogP contribution in [-0.2, 0) is 16.3 Å². The summed E-state index contributed by atoms with van der Waals surface area (Å²) < 4.78 is 67.0. The van der Waals surface area contributed by atoms with Gasteiger partial charge in [-0.05, 0) is 37.3 Å². The van der Waals surface area contributed by atoms with Crippen LogP contribution < -0.4 is 4.18 Å². The molecule has 0 atom stereocenters. The summed E-state index contributed by atoms with van der Waals surface area (Å²) in [4.78, 5) is -0.151. The number of benzene rings is 2. The molecule has 0 bridgehead atoms. The Bertz CT molecular complexity index is 784. The molecule has 0 N–H and O–H groups in total. The Morgan fingerprint density at radius 3 is 2.18 bits per heavy atom. The van der Waals surface area contributed by atoms with Crippen LogP contribution in [0.3, 0.4) is 0 Å². The Morgan fingerprint density at radius 2 is 1.64 bits per heavy atom. The average Bonchev–Trinajstić information content (AvgIpc) is 2.40. The Hall–Kier alpha value is -1.73. The lowest BCUT2D eigenvalue weighted by molar-refractivity contribution is -0.137. The van der Waals surface area contributed by atoms with E-state index < -0.39 is 32.6 Å². The highest BCUT2D eigenvalue weighted by atomic mass is 35.5. The molecular weight excluding hydrogens is 341 g/mol. The van der Waals surface area contributed by atoms with E-state index in [0.29, 0.717) is 6.07 Å². The molecule has 0 saturated heterocycles. The molecule has 3 nitrogen and oxygen atoms in total. The van der Waals surface area contributed by atoms with E-state index in [9.17, 15) is 21.6 Å². The first-order valence-electron chi connectivity index (χ1n) is 5.97. The van der Waals surface area contributed by atoms with Gasteiger partial charge < -0.3 is 4.18 Å². The molecule has 118 valence electrons. The quantitative estimate of drug-likeness (QED) is 0.769. The summed E-state index contributed by atoms with van der Waals surface area (Å²) in [6, 6.07) is 8.27. The molecular formula is C14H10ClF3O3S. The van der Waals surface area contributed by atoms with E-state index in [0.717, 1.165) is 17.7 Å². The molecule has 2 aromatic rings. The second kappa shape index (κ2) is 5.81. The van der Waals surface area contributed by atoms with Crippen molar-refractivity contribution in [2.75, 3.05) is 0 Å². The van der Waals surface area contributed by atoms with Crippen molar-refractivity contribution in [1.29, 1.82) is 0 Å². The number of hydrogen-bond acceptors (Lipinski definition) is 3. The van der Waals surface area contributed by atoms with Crippen LogP contribution in [0.2, 0.25) is 5.02 Å². The minimum Gasteiger partial charge on any atom is -0.379 e. The van der Waals surface area contributed by atoms with Gasteiger partial charge in [-0.1, -0.05) is 29.3 Å². The second-order valence-electron chi connectivity index (χ2n) is 4.49. The van der Waals surface area contributed by atoms with Gasteiger partial charge in [0.25, 0.3) is 0 Å². The minimum absolute atomic E-state index is 0.151. The van der Waals surface area contributed by atoms with E-state index in [-0.39, 0.29) is 4.90 Å². The van der Waals surface area contributed by atoms with Crippen molar-refractivity contribution in [3.63, 3.8) is 0 Å². The molecule has 8 heteroatoms. The van der Waals surface area contributed by atoms with Gasteiger partial charge in [-0.25, -0.2) is 0 Å². The zero-order chi connectivity index (χ0) is 16.5. The maximum absolute atomic E-state index is 12.7. The van der Waals surface area contributed by atoms with Gasteiger partial charge in [0.15, 0.2) is 0 Å². The van der Waals surface area contributed by atoms with E-state index in [1.807, 2.05) is 0 Å². The topological polar surface area (TPSA) is 43.4 Å². The zero-order valence-corrected chi connectivity index (χ0v) is 12.8. The Kier molecular flexibility index (Phi) is 4.39. The molecule has 0 spiro atoms. The zero-order valence-electron chi connectivity index (χ0n) is 11.2. The molecule has 0 heterocycles. The van der Waals surface area contributed by atoms with Crippen molar-refractivity contribution in [1.82, 2.24) is 0 Å². The molecule has 0 unspecified atom stereocenters. The van der Waals surface area contributed by atoms with Crippen LogP contribution in [0.15, 0.2) is 47.4 Å². The van der Waals surface area contributed by atoms with Crippen molar-refractivity contribution in [2.45, 2.75) is 18.0 Å². The number of rotatable bonds is 3. The summed E-state index contributed by atoms with van der Waals surface area (Å²) in [5, 5.41) is -0.535. The molecule has 0 fully saturated rings. The first-order chi connectivity index (χ1) is 10.1. The van der Waals surface area contributed by atoms with Gasteiger partial charge in [0.05, 0.1) is 10.6 Å². The lowest BCUT2D eigenvalue weighted by Crippen LogP contribution is -2.11. The number of alkyl halides is 3. The third-order valence-corrected chi connectivity index (χ3v) is 4.35. The van der Waals surface area contributed by atoms with Crippen LogP contribution in [0.1, 0.15) is 11.1 Å². The second-order valence-corrected chi connectivity index (χ2v) is 6.44. The molecule has 0 aromatic heterocycles. The molecule has 0 amide bonds. The summed E-state index contributed by atoms with van der Waals surface area (Å²) in [5.74, 6) is -0.461. The van der Waals surface area contributed by atoms with E-state index >= 15 is 0 Å². The van der Waals surface area contributed by atoms with Crippen molar-refractivity contribution in [3.05, 3.63) is 58.6 Å². The fraction of sp³-hybridized carbons (Fsp3) is 0.143. The molecule has 0 aliphatic rings. The smallest absolute Gasteiger partial charge is 0.379 e. The maximum atomic E-state index is 12.7. The molecule has 2 rings (SSSR count). The molecule has 0 radical (unpaired) electrons. The number of aryl methyl sites for hydroxylation is 1. The predicted octanol–water partition coefficient (Wildman–Crippen LogP) is 4.43. The van der Waals surface area contributed by atoms with Crippen LogP contribution in [0, 0.1) is 6.92 Å². The van der Waals surface area contributed by atoms with E-state index in [4.69, 9.17) is 15.8 Å². The molecule has 2 aromatic carbocycles. The summed E-state index contributed by atoms with van der Waals surface area (Å²) in [6.07, 6.45) is -4.70. The molecule has 0 saturated carbocycles. The van der Waals surface area contributed by atoms with Crippen molar-refractivity contribution in [3.8, 4) is 5.75 Å². The third kappa shape index (κ3) is 3.72. The highest BCUT2D eigenvalue weighted by molar-refractivity contribution is 7.87. The monoisotopic (exact) mass is 350 g/mol. The van der Waals surface area contributed by atoms with Crippen LogP contribution in [0.4, 0.5) is 13.2 Å². The van der Waals surface area contributed by atoms with Gasteiger partial charge in [0.2, 0.25) is 0 Å². The SMILES string of the molecule is Cc1ccc(S(=O)(=O)Oc2ccc(Cl)c(C(F)(F)F)c2)cc1. The number of halogens is 4. The first-order valence-corrected chi connectivity index (χ1v) is 7.76. The fourth-order valence-electron chi connectivity index (χ4n) is 1.65. The van der Waals surface area contributed by atoms with Crippen LogP contribution >= 0.6 is 11.6 Å². The third-order valence-electron chi connectivity index (χ3n) is 2.76. The maximum Gasteiger partial charge on any atom is 0.417 e. The Labute approximate surface area is 130 Å². The van der Waals surface area contributed by atoms with Crippen LogP contribution in [0.5, 0.6) is 5.75 Å². The first kappa shape index (κ1) is 16.6. The van der Waals surface area contributed by atoms with Gasteiger partial charge in [0.1, 0.15) is 10.6 Å². The van der Waals surface area contributed by atoms with Gasteiger partial charge in [-0.3, -0.25) is 0 Å². The summed E-state index contributed by atoms with van der Waals surface area (Å²) in [6.45, 7) is 1.77. The normalized spacial score (nSPS) is 12.2. The molecule has 0 aliphatic heterocycles. The fourth-order valence-corrected chi connectivity index (χ4v) is 2.80. The van der Waals surface area contributed by atoms with Crippen molar-refractivity contribution >= 4 is 21.7 Å². The van der Waals surface area contributed by atoms with Gasteiger partial charge >= 0.3 is 16.3 Å². The molecule has 22 heavy (non-hydrogen) atoms. The highest BCUT2D eigenvalue weighted by Gasteiger charge is 2.34. The number of hydrogen-bond donors (Lipinski definition) is 0. The highest BCUT2D eigenvalue weighted by Crippen LogP contribution is 2.37. The van der Waals surface area contributed by atoms with Gasteiger partial charge in [-0.2, -0.15) is 21.6 Å². The minimum atomic E-state index is -4.70. The Morgan fingerprint density at radius 1 is 1.05 bits per heavy atom. The largest absolute Gasteiger partial charge is 0.417 e. The summed E-state index contributed by atoms with van der Waals surface area (Å²) in [5.41, 5.74) is -0.324.